The summed E-state index contributed by atoms with van der Waals surface area (Å²) in [6.45, 7) is 10.6. The summed E-state index contributed by atoms with van der Waals surface area (Å²) in [6, 6.07) is 15.3. The molecule has 2 N–H and O–H groups in total. The minimum absolute atomic E-state index is 0.0857. The molecule has 0 saturated heterocycles. The van der Waals surface area contributed by atoms with Crippen LogP contribution in [0.25, 0.3) is 21.9 Å². The Morgan fingerprint density at radius 3 is 2.28 bits per heavy atom. The normalized spacial score (nSPS) is 12.8. The molecule has 1 aromatic heterocycles. The van der Waals surface area contributed by atoms with Crippen LogP contribution in [0.3, 0.4) is 0 Å². The second kappa shape index (κ2) is 9.41. The highest BCUT2D eigenvalue weighted by molar-refractivity contribution is 7.98. The van der Waals surface area contributed by atoms with Crippen molar-refractivity contribution >= 4 is 28.6 Å². The number of amides is 1. The molecule has 0 aliphatic carbocycles. The van der Waals surface area contributed by atoms with Gasteiger partial charge in [0.1, 0.15) is 0 Å². The van der Waals surface area contributed by atoms with Gasteiger partial charge in [0.25, 0.3) is 5.56 Å². The standard InChI is InChI=1S/C26H32N2O3S/c1-16(2)15-28-22(23(26(3,4)5)27-25(30)31)21(17-10-8-7-9-11-17)20-14-18(32-6)12-13-19(20)24(28)29/h7-14,16,23,27H,15H2,1-6H3,(H,30,31). The molecule has 5 nitrogen and oxygen atoms in total. The lowest BCUT2D eigenvalue weighted by atomic mass is 9.80. The summed E-state index contributed by atoms with van der Waals surface area (Å²) in [5.41, 5.74) is 2.04. The number of carbonyl (C=O) groups is 1. The maximum Gasteiger partial charge on any atom is 0.405 e. The first-order chi connectivity index (χ1) is 15.0. The average Bonchev–Trinajstić information content (AvgIpc) is 2.73. The molecule has 0 aliphatic heterocycles. The van der Waals surface area contributed by atoms with Gasteiger partial charge < -0.3 is 15.0 Å². The molecule has 0 fully saturated rings. The van der Waals surface area contributed by atoms with Gasteiger partial charge in [0.05, 0.1) is 11.7 Å². The van der Waals surface area contributed by atoms with Gasteiger partial charge in [-0.05, 0) is 46.7 Å². The van der Waals surface area contributed by atoms with Gasteiger partial charge in [-0.3, -0.25) is 4.79 Å². The minimum Gasteiger partial charge on any atom is -0.465 e. The molecule has 3 rings (SSSR count). The van der Waals surface area contributed by atoms with E-state index < -0.39 is 17.6 Å². The van der Waals surface area contributed by atoms with Crippen LogP contribution in [0.5, 0.6) is 0 Å². The Hall–Kier alpha value is -2.73. The molecule has 6 heteroatoms. The Morgan fingerprint density at radius 1 is 1.09 bits per heavy atom. The number of aromatic nitrogens is 1. The summed E-state index contributed by atoms with van der Waals surface area (Å²) in [7, 11) is 0. The van der Waals surface area contributed by atoms with E-state index in [1.807, 2.05) is 75.6 Å². The number of rotatable bonds is 6. The van der Waals surface area contributed by atoms with E-state index in [0.29, 0.717) is 11.9 Å². The molecular weight excluding hydrogens is 420 g/mol. The Morgan fingerprint density at radius 2 is 1.75 bits per heavy atom. The number of carboxylic acid groups (broad SMARTS) is 1. The van der Waals surface area contributed by atoms with Crippen molar-refractivity contribution in [3.8, 4) is 11.1 Å². The van der Waals surface area contributed by atoms with Crippen LogP contribution in [-0.4, -0.2) is 22.0 Å². The quantitative estimate of drug-likeness (QED) is 0.425. The molecule has 0 spiro atoms. The SMILES string of the molecule is CSc1ccc2c(=O)n(CC(C)C)c(C(NC(=O)O)C(C)(C)C)c(-c3ccccc3)c2c1. The highest BCUT2D eigenvalue weighted by Gasteiger charge is 2.34. The summed E-state index contributed by atoms with van der Waals surface area (Å²) < 4.78 is 1.79. The Labute approximate surface area is 193 Å². The minimum atomic E-state index is -1.11. The number of benzene rings is 2. The molecule has 32 heavy (non-hydrogen) atoms. The lowest BCUT2D eigenvalue weighted by Crippen LogP contribution is -2.40. The number of nitrogens with zero attached hydrogens (tertiary/aromatic N) is 1. The zero-order valence-corrected chi connectivity index (χ0v) is 20.4. The molecule has 0 bridgehead atoms. The lowest BCUT2D eigenvalue weighted by molar-refractivity contribution is 0.172. The zero-order chi connectivity index (χ0) is 23.6. The van der Waals surface area contributed by atoms with E-state index >= 15 is 0 Å². The molecule has 3 aromatic rings. The maximum absolute atomic E-state index is 13.8. The van der Waals surface area contributed by atoms with Crippen molar-refractivity contribution in [1.29, 1.82) is 0 Å². The van der Waals surface area contributed by atoms with Crippen molar-refractivity contribution in [1.82, 2.24) is 9.88 Å². The summed E-state index contributed by atoms with van der Waals surface area (Å²) >= 11 is 1.62. The van der Waals surface area contributed by atoms with Crippen LogP contribution in [0.1, 0.15) is 46.4 Å². The summed E-state index contributed by atoms with van der Waals surface area (Å²) in [5, 5.41) is 13.9. The largest absolute Gasteiger partial charge is 0.465 e. The average molecular weight is 453 g/mol. The fourth-order valence-corrected chi connectivity index (χ4v) is 4.58. The van der Waals surface area contributed by atoms with Crippen molar-refractivity contribution < 1.29 is 9.90 Å². The Bertz CT molecular complexity index is 1180. The van der Waals surface area contributed by atoms with E-state index in [4.69, 9.17) is 0 Å². The Kier molecular flexibility index (Phi) is 7.03. The molecule has 0 aliphatic rings. The second-order valence-electron chi connectivity index (χ2n) is 9.60. The zero-order valence-electron chi connectivity index (χ0n) is 19.6. The fraction of sp³-hybridized carbons (Fsp3) is 0.385. The van der Waals surface area contributed by atoms with E-state index in [2.05, 4.69) is 19.2 Å². The van der Waals surface area contributed by atoms with Gasteiger partial charge in [0.15, 0.2) is 0 Å². The summed E-state index contributed by atoms with van der Waals surface area (Å²) in [5.74, 6) is 0.212. The molecule has 0 saturated carbocycles. The van der Waals surface area contributed by atoms with Crippen LogP contribution in [0.15, 0.2) is 58.2 Å². The van der Waals surface area contributed by atoms with Crippen LogP contribution < -0.4 is 10.9 Å². The van der Waals surface area contributed by atoms with Crippen LogP contribution in [0.2, 0.25) is 0 Å². The van der Waals surface area contributed by atoms with Crippen LogP contribution in [-0.2, 0) is 6.54 Å². The summed E-state index contributed by atoms with van der Waals surface area (Å²) in [4.78, 5) is 26.7. The van der Waals surface area contributed by atoms with Crippen LogP contribution in [0, 0.1) is 11.3 Å². The van der Waals surface area contributed by atoms with E-state index in [-0.39, 0.29) is 11.5 Å². The third kappa shape index (κ3) is 4.85. The van der Waals surface area contributed by atoms with Crippen molar-refractivity contribution in [3.63, 3.8) is 0 Å². The van der Waals surface area contributed by atoms with Crippen LogP contribution >= 0.6 is 11.8 Å². The molecular formula is C26H32N2O3S. The van der Waals surface area contributed by atoms with E-state index in [1.54, 1.807) is 16.3 Å². The monoisotopic (exact) mass is 452 g/mol. The van der Waals surface area contributed by atoms with Crippen LogP contribution in [0.4, 0.5) is 4.79 Å². The van der Waals surface area contributed by atoms with E-state index in [1.165, 1.54) is 0 Å². The fourth-order valence-electron chi connectivity index (χ4n) is 4.14. The third-order valence-corrected chi connectivity index (χ3v) is 6.26. The number of hydrogen-bond donors (Lipinski definition) is 2. The molecule has 1 unspecified atom stereocenters. The molecule has 170 valence electrons. The molecule has 1 atom stereocenters. The van der Waals surface area contributed by atoms with E-state index in [0.717, 1.165) is 27.1 Å². The Balaban J connectivity index is 2.58. The van der Waals surface area contributed by atoms with Gasteiger partial charge in [-0.15, -0.1) is 11.8 Å². The van der Waals surface area contributed by atoms with Gasteiger partial charge in [-0.2, -0.15) is 0 Å². The predicted octanol–water partition coefficient (Wildman–Crippen LogP) is 6.40. The topological polar surface area (TPSA) is 71.3 Å². The smallest absolute Gasteiger partial charge is 0.405 e. The predicted molar refractivity (Wildman–Crippen MR) is 134 cm³/mol. The first-order valence-corrected chi connectivity index (χ1v) is 12.1. The van der Waals surface area contributed by atoms with Crippen molar-refractivity contribution in [2.24, 2.45) is 11.3 Å². The first-order valence-electron chi connectivity index (χ1n) is 10.8. The van der Waals surface area contributed by atoms with Gasteiger partial charge in [-0.25, -0.2) is 4.79 Å². The van der Waals surface area contributed by atoms with Crippen molar-refractivity contribution in [3.05, 3.63) is 64.6 Å². The van der Waals surface area contributed by atoms with Crippen molar-refractivity contribution in [2.75, 3.05) is 6.26 Å². The highest BCUT2D eigenvalue weighted by atomic mass is 32.2. The molecule has 1 amide bonds. The first kappa shape index (κ1) is 23.9. The third-order valence-electron chi connectivity index (χ3n) is 5.54. The lowest BCUT2D eigenvalue weighted by Gasteiger charge is -2.35. The van der Waals surface area contributed by atoms with Gasteiger partial charge in [-0.1, -0.05) is 65.0 Å². The second-order valence-corrected chi connectivity index (χ2v) is 10.5. The van der Waals surface area contributed by atoms with Gasteiger partial charge in [0, 0.05) is 22.4 Å². The summed E-state index contributed by atoms with van der Waals surface area (Å²) in [6.07, 6.45) is 0.902. The number of pyridine rings is 1. The number of fused-ring (bicyclic) bond motifs is 1. The maximum atomic E-state index is 13.8. The number of thioether (sulfide) groups is 1. The van der Waals surface area contributed by atoms with Gasteiger partial charge >= 0.3 is 6.09 Å². The number of nitrogens with one attached hydrogen (secondary N) is 1. The molecule has 0 radical (unpaired) electrons. The number of hydrogen-bond acceptors (Lipinski definition) is 3. The van der Waals surface area contributed by atoms with E-state index in [9.17, 15) is 14.7 Å². The molecule has 1 heterocycles. The highest BCUT2D eigenvalue weighted by Crippen LogP contribution is 2.41. The van der Waals surface area contributed by atoms with Crippen molar-refractivity contribution in [2.45, 2.75) is 52.1 Å². The van der Waals surface area contributed by atoms with Gasteiger partial charge in [0.2, 0.25) is 0 Å². The molecule has 2 aromatic carbocycles.